The van der Waals surface area contributed by atoms with E-state index in [0.29, 0.717) is 31.2 Å². The number of hydrogen-bond donors (Lipinski definition) is 2. The monoisotopic (exact) mass is 344 g/mol. The summed E-state index contributed by atoms with van der Waals surface area (Å²) >= 11 is 0. The van der Waals surface area contributed by atoms with E-state index in [1.54, 1.807) is 12.1 Å². The van der Waals surface area contributed by atoms with Gasteiger partial charge in [0.1, 0.15) is 11.5 Å². The van der Waals surface area contributed by atoms with Crippen molar-refractivity contribution in [3.63, 3.8) is 0 Å². The van der Waals surface area contributed by atoms with Gasteiger partial charge in [0.15, 0.2) is 0 Å². The first-order chi connectivity index (χ1) is 12.0. The summed E-state index contributed by atoms with van der Waals surface area (Å²) in [5, 5.41) is 23.1. The molecule has 3 rings (SSSR count). The molecule has 0 bridgehead atoms. The van der Waals surface area contributed by atoms with E-state index in [1.165, 1.54) is 12.1 Å². The summed E-state index contributed by atoms with van der Waals surface area (Å²) < 4.78 is 5.79. The van der Waals surface area contributed by atoms with Crippen molar-refractivity contribution in [2.24, 2.45) is 5.92 Å². The van der Waals surface area contributed by atoms with Gasteiger partial charge in [0, 0.05) is 23.7 Å². The number of carboxylic acid groups (broad SMARTS) is 1. The molecule has 0 unspecified atom stereocenters. The van der Waals surface area contributed by atoms with E-state index < -0.39 is 10.9 Å². The lowest BCUT2D eigenvalue weighted by molar-refractivity contribution is -0.384. The third kappa shape index (κ3) is 4.24. The van der Waals surface area contributed by atoms with Crippen molar-refractivity contribution in [2.45, 2.75) is 38.3 Å². The number of nitrogens with zero attached hydrogens (tertiary/aromatic N) is 1. The summed E-state index contributed by atoms with van der Waals surface area (Å²) in [6, 6.07) is 10.3. The number of nitro groups is 1. The van der Waals surface area contributed by atoms with Gasteiger partial charge in [-0.1, -0.05) is 0 Å². The predicted octanol–water partition coefficient (Wildman–Crippen LogP) is 3.59. The summed E-state index contributed by atoms with van der Waals surface area (Å²) in [5.41, 5.74) is 0.841. The highest BCUT2D eigenvalue weighted by Gasteiger charge is 2.25. The van der Waals surface area contributed by atoms with Crippen molar-refractivity contribution in [2.75, 3.05) is 0 Å². The van der Waals surface area contributed by atoms with Crippen LogP contribution in [0, 0.1) is 16.0 Å². The molecule has 7 heteroatoms. The minimum atomic E-state index is -0.697. The molecule has 2 aromatic rings. The second-order valence-electron chi connectivity index (χ2n) is 6.34. The first-order valence-corrected chi connectivity index (χ1v) is 8.32. The van der Waals surface area contributed by atoms with Crippen LogP contribution in [0.4, 0.5) is 5.69 Å². The summed E-state index contributed by atoms with van der Waals surface area (Å²) in [7, 11) is 0. The molecule has 0 saturated heterocycles. The number of carbonyl (C=O) groups is 1. The zero-order chi connectivity index (χ0) is 17.8. The van der Waals surface area contributed by atoms with Crippen LogP contribution >= 0.6 is 0 Å². The van der Waals surface area contributed by atoms with Gasteiger partial charge in [0.2, 0.25) is 0 Å². The molecule has 1 heterocycles. The number of non-ortho nitro benzene ring substituents is 1. The molecule has 1 saturated carbocycles. The largest absolute Gasteiger partial charge is 0.481 e. The lowest BCUT2D eigenvalue weighted by Crippen LogP contribution is -2.34. The van der Waals surface area contributed by atoms with Gasteiger partial charge in [-0.15, -0.1) is 0 Å². The lowest BCUT2D eigenvalue weighted by Gasteiger charge is -2.26. The minimum Gasteiger partial charge on any atom is -0.481 e. The van der Waals surface area contributed by atoms with Crippen molar-refractivity contribution in [3.8, 4) is 11.3 Å². The van der Waals surface area contributed by atoms with Gasteiger partial charge in [-0.2, -0.15) is 0 Å². The quantitative estimate of drug-likeness (QED) is 0.613. The zero-order valence-corrected chi connectivity index (χ0v) is 13.7. The average Bonchev–Trinajstić information content (AvgIpc) is 3.09. The van der Waals surface area contributed by atoms with E-state index in [9.17, 15) is 14.9 Å². The van der Waals surface area contributed by atoms with Crippen LogP contribution in [-0.2, 0) is 11.3 Å². The maximum absolute atomic E-state index is 11.0. The summed E-state index contributed by atoms with van der Waals surface area (Å²) in [6.45, 7) is 0.579. The molecule has 25 heavy (non-hydrogen) atoms. The average molecular weight is 344 g/mol. The molecule has 1 aliphatic rings. The number of nitro benzene ring substituents is 1. The molecule has 2 N–H and O–H groups in total. The number of benzene rings is 1. The fourth-order valence-electron chi connectivity index (χ4n) is 3.16. The smallest absolute Gasteiger partial charge is 0.306 e. The Bertz CT molecular complexity index is 745. The van der Waals surface area contributed by atoms with E-state index in [-0.39, 0.29) is 11.6 Å². The molecule has 1 fully saturated rings. The number of carboxylic acids is 1. The van der Waals surface area contributed by atoms with Crippen LogP contribution in [0.15, 0.2) is 40.8 Å². The van der Waals surface area contributed by atoms with Gasteiger partial charge in [0.05, 0.1) is 17.4 Å². The van der Waals surface area contributed by atoms with Crippen molar-refractivity contribution < 1.29 is 19.2 Å². The van der Waals surface area contributed by atoms with Gasteiger partial charge < -0.3 is 14.8 Å². The number of rotatable bonds is 6. The highest BCUT2D eigenvalue weighted by Crippen LogP contribution is 2.26. The molecule has 1 aromatic carbocycles. The second-order valence-corrected chi connectivity index (χ2v) is 6.34. The first kappa shape index (κ1) is 17.2. The minimum absolute atomic E-state index is 0.0501. The van der Waals surface area contributed by atoms with Gasteiger partial charge >= 0.3 is 5.97 Å². The van der Waals surface area contributed by atoms with E-state index in [2.05, 4.69) is 5.32 Å². The summed E-state index contributed by atoms with van der Waals surface area (Å²) in [6.07, 6.45) is 3.12. The molecule has 7 nitrogen and oxygen atoms in total. The molecule has 0 atom stereocenters. The van der Waals surface area contributed by atoms with E-state index in [1.807, 2.05) is 12.1 Å². The Morgan fingerprint density at radius 1 is 1.16 bits per heavy atom. The highest BCUT2D eigenvalue weighted by molar-refractivity contribution is 5.70. The number of hydrogen-bond acceptors (Lipinski definition) is 5. The van der Waals surface area contributed by atoms with E-state index in [0.717, 1.165) is 24.2 Å². The zero-order valence-electron chi connectivity index (χ0n) is 13.7. The van der Waals surface area contributed by atoms with Crippen LogP contribution in [0.1, 0.15) is 31.4 Å². The van der Waals surface area contributed by atoms with E-state index >= 15 is 0 Å². The second kappa shape index (κ2) is 7.48. The van der Waals surface area contributed by atoms with Crippen LogP contribution < -0.4 is 5.32 Å². The summed E-state index contributed by atoms with van der Waals surface area (Å²) in [5.74, 6) is 0.544. The van der Waals surface area contributed by atoms with Crippen molar-refractivity contribution in [1.82, 2.24) is 5.32 Å². The third-order valence-corrected chi connectivity index (χ3v) is 4.67. The topological polar surface area (TPSA) is 106 Å². The maximum Gasteiger partial charge on any atom is 0.306 e. The maximum atomic E-state index is 11.0. The van der Waals surface area contributed by atoms with Crippen molar-refractivity contribution in [1.29, 1.82) is 0 Å². The van der Waals surface area contributed by atoms with Crippen LogP contribution in [-0.4, -0.2) is 22.0 Å². The lowest BCUT2D eigenvalue weighted by atomic mass is 9.86. The molecule has 1 aromatic heterocycles. The Balaban J connectivity index is 1.54. The van der Waals surface area contributed by atoms with Crippen molar-refractivity contribution >= 4 is 11.7 Å². The molecular weight excluding hydrogens is 324 g/mol. The highest BCUT2D eigenvalue weighted by atomic mass is 16.6. The van der Waals surface area contributed by atoms with E-state index in [4.69, 9.17) is 9.52 Å². The number of furan rings is 1. The fraction of sp³-hybridized carbons (Fsp3) is 0.389. The third-order valence-electron chi connectivity index (χ3n) is 4.67. The fourth-order valence-corrected chi connectivity index (χ4v) is 3.16. The number of aliphatic carboxylic acids is 1. The SMILES string of the molecule is O=C(O)C1CCC(NCc2ccc(-c3ccc([N+](=O)[O-])cc3)o2)CC1. The van der Waals surface area contributed by atoms with Gasteiger partial charge in [-0.3, -0.25) is 14.9 Å². The molecule has 0 spiro atoms. The Kier molecular flexibility index (Phi) is 5.14. The molecule has 1 aliphatic carbocycles. The van der Waals surface area contributed by atoms with Crippen LogP contribution in [0.5, 0.6) is 0 Å². The molecule has 0 amide bonds. The Labute approximate surface area is 144 Å². The molecule has 132 valence electrons. The Morgan fingerprint density at radius 3 is 2.44 bits per heavy atom. The van der Waals surface area contributed by atoms with Crippen LogP contribution in [0.25, 0.3) is 11.3 Å². The van der Waals surface area contributed by atoms with Crippen LogP contribution in [0.3, 0.4) is 0 Å². The normalized spacial score (nSPS) is 20.3. The van der Waals surface area contributed by atoms with Gasteiger partial charge in [-0.25, -0.2) is 0 Å². The predicted molar refractivity (Wildman–Crippen MR) is 91.0 cm³/mol. The Hall–Kier alpha value is -2.67. The molecule has 0 radical (unpaired) electrons. The number of nitrogens with one attached hydrogen (secondary N) is 1. The van der Waals surface area contributed by atoms with Gasteiger partial charge in [-0.05, 0) is 49.9 Å². The molecule has 0 aliphatic heterocycles. The summed E-state index contributed by atoms with van der Waals surface area (Å²) in [4.78, 5) is 21.2. The van der Waals surface area contributed by atoms with Gasteiger partial charge in [0.25, 0.3) is 5.69 Å². The van der Waals surface area contributed by atoms with Crippen LogP contribution in [0.2, 0.25) is 0 Å². The van der Waals surface area contributed by atoms with Crippen molar-refractivity contribution in [3.05, 3.63) is 52.3 Å². The first-order valence-electron chi connectivity index (χ1n) is 8.32. The standard InChI is InChI=1S/C18H20N2O5/c21-18(22)13-1-5-14(6-2-13)19-11-16-9-10-17(25-16)12-3-7-15(8-4-12)20(23)24/h3-4,7-10,13-14,19H,1-2,5-6,11H2,(H,21,22). The Morgan fingerprint density at radius 2 is 1.84 bits per heavy atom. The molecular formula is C18H20N2O5.